The van der Waals surface area contributed by atoms with Crippen molar-refractivity contribution in [3.63, 3.8) is 0 Å². The molecule has 11 heteroatoms. The van der Waals surface area contributed by atoms with Crippen molar-refractivity contribution in [1.82, 2.24) is 5.32 Å². The Hall–Kier alpha value is -0.820. The molecular formula is C17H23Cl3NO6P. The lowest BCUT2D eigenvalue weighted by molar-refractivity contribution is 0.0963. The van der Waals surface area contributed by atoms with E-state index in [1.807, 2.05) is 6.92 Å². The Morgan fingerprint density at radius 3 is 2.32 bits per heavy atom. The number of carbonyl (C=O) groups excluding carboxylic acids is 2. The Kier molecular flexibility index (Phi) is 9.74. The minimum absolute atomic E-state index is 0.329. The number of benzene rings is 1. The zero-order valence-corrected chi connectivity index (χ0v) is 18.8. The molecule has 7 nitrogen and oxygen atoms in total. The molecule has 0 heterocycles. The topological polar surface area (TPSA) is 102 Å². The minimum Gasteiger partial charge on any atom is -0.445 e. The third-order valence-corrected chi connectivity index (χ3v) is 5.79. The molecule has 3 atom stereocenters. The van der Waals surface area contributed by atoms with Gasteiger partial charge in [0.05, 0.1) is 6.10 Å². The van der Waals surface area contributed by atoms with Crippen molar-refractivity contribution in [3.05, 3.63) is 35.4 Å². The van der Waals surface area contributed by atoms with E-state index < -0.39 is 48.2 Å². The SMILES string of the molecule is CCC(C)O[P@@](=O)(O)C(CC(=O)c1ccc(C)cc1)NC(=O)OCC(Cl)(Cl)Cl. The van der Waals surface area contributed by atoms with Crippen LogP contribution in [0.3, 0.4) is 0 Å². The maximum absolute atomic E-state index is 12.7. The predicted molar refractivity (Wildman–Crippen MR) is 109 cm³/mol. The van der Waals surface area contributed by atoms with Crippen molar-refractivity contribution in [2.45, 2.75) is 49.3 Å². The number of rotatable bonds is 9. The summed E-state index contributed by atoms with van der Waals surface area (Å²) in [4.78, 5) is 34.8. The smallest absolute Gasteiger partial charge is 0.408 e. The fourth-order valence-electron chi connectivity index (χ4n) is 2.01. The van der Waals surface area contributed by atoms with Crippen molar-refractivity contribution < 1.29 is 28.3 Å². The molecule has 0 aliphatic heterocycles. The first-order valence-corrected chi connectivity index (χ1v) is 11.2. The molecule has 0 aliphatic rings. The molecule has 0 spiro atoms. The number of halogens is 3. The van der Waals surface area contributed by atoms with Crippen molar-refractivity contribution >= 4 is 54.3 Å². The summed E-state index contributed by atoms with van der Waals surface area (Å²) in [5, 5.41) is 2.18. The van der Waals surface area contributed by atoms with Crippen molar-refractivity contribution in [3.8, 4) is 0 Å². The van der Waals surface area contributed by atoms with Crippen LogP contribution in [-0.4, -0.2) is 39.1 Å². The quantitative estimate of drug-likeness (QED) is 0.297. The molecule has 0 aliphatic carbocycles. The number of ketones is 1. The summed E-state index contributed by atoms with van der Waals surface area (Å²) in [6.07, 6.45) is -1.70. The van der Waals surface area contributed by atoms with Crippen molar-refractivity contribution in [1.29, 1.82) is 0 Å². The average molecular weight is 475 g/mol. The van der Waals surface area contributed by atoms with E-state index in [9.17, 15) is 19.0 Å². The first-order valence-electron chi connectivity index (χ1n) is 8.45. The maximum atomic E-state index is 12.7. The molecule has 0 fully saturated rings. The molecule has 158 valence electrons. The Morgan fingerprint density at radius 1 is 1.25 bits per heavy atom. The fourth-order valence-corrected chi connectivity index (χ4v) is 3.65. The van der Waals surface area contributed by atoms with Gasteiger partial charge in [0.25, 0.3) is 0 Å². The van der Waals surface area contributed by atoms with Gasteiger partial charge in [-0.3, -0.25) is 9.36 Å². The van der Waals surface area contributed by atoms with Crippen LogP contribution in [0.15, 0.2) is 24.3 Å². The van der Waals surface area contributed by atoms with Crippen LogP contribution in [0.25, 0.3) is 0 Å². The average Bonchev–Trinajstić information content (AvgIpc) is 2.58. The van der Waals surface area contributed by atoms with Gasteiger partial charge in [0.15, 0.2) is 5.78 Å². The molecule has 1 rings (SSSR count). The monoisotopic (exact) mass is 473 g/mol. The van der Waals surface area contributed by atoms with Gasteiger partial charge in [-0.1, -0.05) is 71.6 Å². The number of alkyl carbamates (subject to hydrolysis) is 1. The molecule has 1 aromatic rings. The number of alkyl halides is 3. The zero-order chi connectivity index (χ0) is 21.5. The molecule has 1 amide bonds. The summed E-state index contributed by atoms with van der Waals surface area (Å²) in [6, 6.07) is 6.65. The van der Waals surface area contributed by atoms with Crippen molar-refractivity contribution in [2.24, 2.45) is 0 Å². The number of amides is 1. The van der Waals surface area contributed by atoms with Gasteiger partial charge in [-0.2, -0.15) is 0 Å². The standard InChI is InChI=1S/C17H23Cl3NO6P/c1-4-12(3)27-28(24,25)15(21-16(23)26-10-17(18,19)20)9-14(22)13-7-5-11(2)6-8-13/h5-8,12,15H,4,9-10H2,1-3H3,(H,21,23)(H,24,25). The number of aryl methyl sites for hydroxylation is 1. The van der Waals surface area contributed by atoms with Crippen LogP contribution in [-0.2, 0) is 13.8 Å². The lowest BCUT2D eigenvalue weighted by Gasteiger charge is -2.25. The summed E-state index contributed by atoms with van der Waals surface area (Å²) >= 11 is 16.5. The number of hydrogen-bond acceptors (Lipinski definition) is 5. The van der Waals surface area contributed by atoms with Crippen LogP contribution in [0.5, 0.6) is 0 Å². The van der Waals surface area contributed by atoms with Gasteiger partial charge in [0, 0.05) is 12.0 Å². The highest BCUT2D eigenvalue weighted by Crippen LogP contribution is 2.49. The summed E-state index contributed by atoms with van der Waals surface area (Å²) in [5.74, 6) is -1.98. The summed E-state index contributed by atoms with van der Waals surface area (Å²) in [6.45, 7) is 4.65. The Bertz CT molecular complexity index is 723. The van der Waals surface area contributed by atoms with E-state index in [1.54, 1.807) is 38.1 Å². The number of nitrogens with one attached hydrogen (secondary N) is 1. The molecule has 0 saturated carbocycles. The van der Waals surface area contributed by atoms with Crippen LogP contribution in [0.4, 0.5) is 4.79 Å². The normalized spacial score (nSPS) is 16.0. The lowest BCUT2D eigenvalue weighted by atomic mass is 10.1. The molecule has 28 heavy (non-hydrogen) atoms. The first-order chi connectivity index (χ1) is 12.8. The molecule has 2 N–H and O–H groups in total. The molecule has 0 bridgehead atoms. The minimum atomic E-state index is -4.41. The molecule has 0 saturated heterocycles. The van der Waals surface area contributed by atoms with E-state index in [-0.39, 0.29) is 0 Å². The summed E-state index contributed by atoms with van der Waals surface area (Å²) < 4.78 is 20.7. The van der Waals surface area contributed by atoms with Gasteiger partial charge >= 0.3 is 13.7 Å². The van der Waals surface area contributed by atoms with E-state index in [1.165, 1.54) is 0 Å². The third-order valence-electron chi connectivity index (χ3n) is 3.70. The van der Waals surface area contributed by atoms with Crippen LogP contribution < -0.4 is 5.32 Å². The second kappa shape index (κ2) is 10.8. The summed E-state index contributed by atoms with van der Waals surface area (Å²) in [7, 11) is -4.41. The van der Waals surface area contributed by atoms with E-state index >= 15 is 0 Å². The third kappa shape index (κ3) is 9.12. The van der Waals surface area contributed by atoms with E-state index in [4.69, 9.17) is 44.1 Å². The van der Waals surface area contributed by atoms with E-state index in [0.717, 1.165) is 5.56 Å². The first kappa shape index (κ1) is 25.2. The van der Waals surface area contributed by atoms with Crippen LogP contribution in [0.2, 0.25) is 0 Å². The van der Waals surface area contributed by atoms with E-state index in [2.05, 4.69) is 5.32 Å². The second-order valence-electron chi connectivity index (χ2n) is 6.23. The van der Waals surface area contributed by atoms with Gasteiger partial charge in [-0.25, -0.2) is 4.79 Å². The van der Waals surface area contributed by atoms with Crippen LogP contribution in [0, 0.1) is 6.92 Å². The highest BCUT2D eigenvalue weighted by molar-refractivity contribution is 7.53. The largest absolute Gasteiger partial charge is 0.445 e. The number of hydrogen-bond donors (Lipinski definition) is 2. The number of carbonyl (C=O) groups is 2. The Balaban J connectivity index is 2.96. The molecule has 1 aromatic carbocycles. The summed E-state index contributed by atoms with van der Waals surface area (Å²) in [5.41, 5.74) is 1.28. The zero-order valence-electron chi connectivity index (χ0n) is 15.7. The van der Waals surface area contributed by atoms with Crippen LogP contribution >= 0.6 is 42.4 Å². The highest BCUT2D eigenvalue weighted by Gasteiger charge is 2.38. The number of ether oxygens (including phenoxy) is 1. The van der Waals surface area contributed by atoms with Gasteiger partial charge in [0.1, 0.15) is 12.4 Å². The van der Waals surface area contributed by atoms with Crippen molar-refractivity contribution in [2.75, 3.05) is 6.61 Å². The highest BCUT2D eigenvalue weighted by atomic mass is 35.6. The maximum Gasteiger partial charge on any atom is 0.408 e. The van der Waals surface area contributed by atoms with Crippen LogP contribution in [0.1, 0.15) is 42.6 Å². The molecule has 0 aromatic heterocycles. The predicted octanol–water partition coefficient (Wildman–Crippen LogP) is 4.99. The Labute approximate surface area is 179 Å². The molecule has 2 unspecified atom stereocenters. The molecule has 0 radical (unpaired) electrons. The molecular weight excluding hydrogens is 452 g/mol. The van der Waals surface area contributed by atoms with Gasteiger partial charge in [0.2, 0.25) is 3.79 Å². The fraction of sp³-hybridized carbons (Fsp3) is 0.529. The lowest BCUT2D eigenvalue weighted by Crippen LogP contribution is -2.38. The Morgan fingerprint density at radius 2 is 1.82 bits per heavy atom. The van der Waals surface area contributed by atoms with E-state index in [0.29, 0.717) is 12.0 Å². The number of Topliss-reactive ketones (excluding diaryl/α,β-unsaturated/α-hetero) is 1. The van der Waals surface area contributed by atoms with Gasteiger partial charge in [-0.15, -0.1) is 0 Å². The second-order valence-corrected chi connectivity index (χ2v) is 10.7. The van der Waals surface area contributed by atoms with Gasteiger partial charge in [-0.05, 0) is 20.3 Å². The van der Waals surface area contributed by atoms with Gasteiger partial charge < -0.3 is 19.5 Å².